The number of nitrogens with two attached hydrogens (primary N) is 1. The van der Waals surface area contributed by atoms with Crippen molar-refractivity contribution in [2.45, 2.75) is 6.43 Å². The second-order valence-electron chi connectivity index (χ2n) is 2.59. The first-order valence-corrected chi connectivity index (χ1v) is 4.87. The van der Waals surface area contributed by atoms with E-state index in [-0.39, 0.29) is 20.6 Å². The summed E-state index contributed by atoms with van der Waals surface area (Å²) in [6, 6.07) is 0.981. The van der Waals surface area contributed by atoms with Gasteiger partial charge in [-0.2, -0.15) is 0 Å². The van der Waals surface area contributed by atoms with Gasteiger partial charge in [0.15, 0.2) is 5.69 Å². The molecule has 1 aromatic heterocycles. The molecule has 0 saturated carbocycles. The summed E-state index contributed by atoms with van der Waals surface area (Å²) in [5.41, 5.74) is 4.86. The van der Waals surface area contributed by atoms with Gasteiger partial charge in [-0.05, 0) is 28.7 Å². The zero-order valence-electron chi connectivity index (χ0n) is 7.63. The minimum Gasteiger partial charge on any atom is -0.464 e. The number of hydrogen-bond acceptors (Lipinski definition) is 4. The smallest absolute Gasteiger partial charge is 0.356 e. The highest BCUT2D eigenvalue weighted by Gasteiger charge is 2.19. The molecular formula is C8H7F2IN2O2. The van der Waals surface area contributed by atoms with Crippen LogP contribution in [0.4, 0.5) is 14.6 Å². The zero-order chi connectivity index (χ0) is 11.6. The molecule has 4 nitrogen and oxygen atoms in total. The number of methoxy groups -OCH3 is 1. The van der Waals surface area contributed by atoms with E-state index >= 15 is 0 Å². The third-order valence-electron chi connectivity index (χ3n) is 1.64. The molecule has 1 heterocycles. The lowest BCUT2D eigenvalue weighted by Crippen LogP contribution is -2.09. The molecule has 0 bridgehead atoms. The van der Waals surface area contributed by atoms with Gasteiger partial charge in [-0.25, -0.2) is 18.6 Å². The Morgan fingerprint density at radius 2 is 2.27 bits per heavy atom. The number of nitrogen functional groups attached to an aromatic ring is 1. The van der Waals surface area contributed by atoms with E-state index in [4.69, 9.17) is 5.73 Å². The SMILES string of the molecule is COC(=O)c1cc(C(F)F)c(I)c(N)n1. The van der Waals surface area contributed by atoms with Gasteiger partial charge in [-0.1, -0.05) is 0 Å². The molecule has 0 radical (unpaired) electrons. The molecule has 0 saturated heterocycles. The number of esters is 1. The lowest BCUT2D eigenvalue weighted by molar-refractivity contribution is 0.0593. The Balaban J connectivity index is 3.29. The van der Waals surface area contributed by atoms with E-state index in [1.54, 1.807) is 22.6 Å². The van der Waals surface area contributed by atoms with Crippen molar-refractivity contribution in [2.24, 2.45) is 0 Å². The Morgan fingerprint density at radius 3 is 2.73 bits per heavy atom. The van der Waals surface area contributed by atoms with Gasteiger partial charge in [-0.15, -0.1) is 0 Å². The van der Waals surface area contributed by atoms with E-state index in [0.717, 1.165) is 13.2 Å². The van der Waals surface area contributed by atoms with Crippen LogP contribution in [0, 0.1) is 3.57 Å². The fraction of sp³-hybridized carbons (Fsp3) is 0.250. The molecule has 0 atom stereocenters. The van der Waals surface area contributed by atoms with Crippen molar-refractivity contribution in [2.75, 3.05) is 12.8 Å². The molecule has 0 aliphatic heterocycles. The molecule has 0 fully saturated rings. The van der Waals surface area contributed by atoms with Gasteiger partial charge >= 0.3 is 5.97 Å². The van der Waals surface area contributed by atoms with Crippen molar-refractivity contribution >= 4 is 34.4 Å². The van der Waals surface area contributed by atoms with Crippen LogP contribution in [0.25, 0.3) is 0 Å². The molecular weight excluding hydrogens is 321 g/mol. The largest absolute Gasteiger partial charge is 0.464 e. The number of ether oxygens (including phenoxy) is 1. The number of carbonyl (C=O) groups excluding carboxylic acids is 1. The second-order valence-corrected chi connectivity index (χ2v) is 3.67. The molecule has 0 aliphatic carbocycles. The first-order chi connectivity index (χ1) is 6.97. The molecule has 15 heavy (non-hydrogen) atoms. The van der Waals surface area contributed by atoms with Gasteiger partial charge in [0.2, 0.25) is 0 Å². The highest BCUT2D eigenvalue weighted by Crippen LogP contribution is 2.28. The van der Waals surface area contributed by atoms with Crippen molar-refractivity contribution in [1.82, 2.24) is 4.98 Å². The lowest BCUT2D eigenvalue weighted by Gasteiger charge is -2.07. The van der Waals surface area contributed by atoms with Crippen LogP contribution in [-0.2, 0) is 4.74 Å². The summed E-state index contributed by atoms with van der Waals surface area (Å²) in [5.74, 6) is -0.895. The number of carbonyl (C=O) groups is 1. The van der Waals surface area contributed by atoms with Crippen molar-refractivity contribution in [3.8, 4) is 0 Å². The number of hydrogen-bond donors (Lipinski definition) is 1. The summed E-state index contributed by atoms with van der Waals surface area (Å²) in [6.07, 6.45) is -2.70. The van der Waals surface area contributed by atoms with Crippen LogP contribution >= 0.6 is 22.6 Å². The first kappa shape index (κ1) is 12.1. The molecule has 0 aromatic carbocycles. The van der Waals surface area contributed by atoms with Crippen molar-refractivity contribution in [1.29, 1.82) is 0 Å². The van der Waals surface area contributed by atoms with Crippen LogP contribution in [0.15, 0.2) is 6.07 Å². The van der Waals surface area contributed by atoms with E-state index in [9.17, 15) is 13.6 Å². The average Bonchev–Trinajstić information content (AvgIpc) is 2.20. The molecule has 1 rings (SSSR count). The standard InChI is InChI=1S/C8H7F2IN2O2/c1-15-8(14)4-2-3(6(9)10)5(11)7(12)13-4/h2,6H,1H3,(H2,12,13). The number of aromatic nitrogens is 1. The van der Waals surface area contributed by atoms with Gasteiger partial charge < -0.3 is 10.5 Å². The molecule has 0 unspecified atom stereocenters. The Kier molecular flexibility index (Phi) is 3.77. The third-order valence-corrected chi connectivity index (χ3v) is 2.82. The normalized spacial score (nSPS) is 10.5. The minimum absolute atomic E-state index is 0.103. The highest BCUT2D eigenvalue weighted by atomic mass is 127. The van der Waals surface area contributed by atoms with Gasteiger partial charge in [-0.3, -0.25) is 0 Å². The average molecular weight is 328 g/mol. The quantitative estimate of drug-likeness (QED) is 0.666. The van der Waals surface area contributed by atoms with Gasteiger partial charge in [0.05, 0.1) is 10.7 Å². The number of alkyl halides is 2. The number of pyridine rings is 1. The molecule has 0 aliphatic rings. The van der Waals surface area contributed by atoms with Crippen LogP contribution in [0.3, 0.4) is 0 Å². The summed E-state index contributed by atoms with van der Waals surface area (Å²) in [4.78, 5) is 14.7. The molecule has 1 aromatic rings. The molecule has 82 valence electrons. The van der Waals surface area contributed by atoms with Crippen molar-refractivity contribution in [3.05, 3.63) is 20.9 Å². The minimum atomic E-state index is -2.70. The van der Waals surface area contributed by atoms with E-state index < -0.39 is 12.4 Å². The van der Waals surface area contributed by atoms with Gasteiger partial charge in [0, 0.05) is 5.56 Å². The van der Waals surface area contributed by atoms with E-state index in [0.29, 0.717) is 0 Å². The summed E-state index contributed by atoms with van der Waals surface area (Å²) < 4.78 is 29.5. The van der Waals surface area contributed by atoms with Gasteiger partial charge in [0.1, 0.15) is 5.82 Å². The van der Waals surface area contributed by atoms with Gasteiger partial charge in [0.25, 0.3) is 6.43 Å². The summed E-state index contributed by atoms with van der Waals surface area (Å²) in [6.45, 7) is 0. The Bertz CT molecular complexity index is 398. The molecule has 0 amide bonds. The van der Waals surface area contributed by atoms with Crippen molar-refractivity contribution < 1.29 is 18.3 Å². The van der Waals surface area contributed by atoms with Crippen LogP contribution in [-0.4, -0.2) is 18.1 Å². The molecule has 2 N–H and O–H groups in total. The van der Waals surface area contributed by atoms with E-state index in [1.165, 1.54) is 0 Å². The van der Waals surface area contributed by atoms with Crippen LogP contribution in [0.2, 0.25) is 0 Å². The van der Waals surface area contributed by atoms with E-state index in [2.05, 4.69) is 9.72 Å². The predicted octanol–water partition coefficient (Wildman–Crippen LogP) is 1.99. The summed E-state index contributed by atoms with van der Waals surface area (Å²) in [5, 5.41) is 0. The lowest BCUT2D eigenvalue weighted by atomic mass is 10.2. The van der Waals surface area contributed by atoms with Crippen LogP contribution in [0.5, 0.6) is 0 Å². The highest BCUT2D eigenvalue weighted by molar-refractivity contribution is 14.1. The van der Waals surface area contributed by atoms with E-state index in [1.807, 2.05) is 0 Å². The number of halogens is 3. The Hall–Kier alpha value is -0.990. The topological polar surface area (TPSA) is 65.2 Å². The maximum atomic E-state index is 12.5. The number of nitrogens with zero attached hydrogens (tertiary/aromatic N) is 1. The molecule has 7 heteroatoms. The first-order valence-electron chi connectivity index (χ1n) is 3.79. The van der Waals surface area contributed by atoms with Crippen LogP contribution in [0.1, 0.15) is 22.5 Å². The zero-order valence-corrected chi connectivity index (χ0v) is 9.79. The maximum absolute atomic E-state index is 12.5. The maximum Gasteiger partial charge on any atom is 0.356 e. The predicted molar refractivity (Wildman–Crippen MR) is 57.7 cm³/mol. The summed E-state index contributed by atoms with van der Waals surface area (Å²) >= 11 is 1.65. The Labute approximate surface area is 98.0 Å². The fourth-order valence-corrected chi connectivity index (χ4v) is 1.45. The summed E-state index contributed by atoms with van der Waals surface area (Å²) in [7, 11) is 1.14. The number of rotatable bonds is 2. The Morgan fingerprint density at radius 1 is 1.67 bits per heavy atom. The molecule has 0 spiro atoms. The second kappa shape index (κ2) is 4.69. The third kappa shape index (κ3) is 2.52. The van der Waals surface area contributed by atoms with Crippen molar-refractivity contribution in [3.63, 3.8) is 0 Å². The fourth-order valence-electron chi connectivity index (χ4n) is 0.938. The number of anilines is 1. The van der Waals surface area contributed by atoms with Crippen LogP contribution < -0.4 is 5.73 Å². The monoisotopic (exact) mass is 328 g/mol.